The Labute approximate surface area is 360 Å². The third-order valence-corrected chi connectivity index (χ3v) is 13.7. The maximum atomic E-state index is 13.5. The van der Waals surface area contributed by atoms with Crippen LogP contribution in [0.2, 0.25) is 0 Å². The van der Waals surface area contributed by atoms with E-state index in [2.05, 4.69) is 80.9 Å². The molecule has 320 valence electrons. The number of para-hydroxylation sites is 1. The third kappa shape index (κ3) is 7.57. The zero-order valence-corrected chi connectivity index (χ0v) is 35.6. The van der Waals surface area contributed by atoms with Gasteiger partial charge < -0.3 is 20.4 Å². The van der Waals surface area contributed by atoms with Crippen LogP contribution in [0, 0.1) is 19.8 Å². The molecule has 15 nitrogen and oxygen atoms in total. The number of carbonyl (C=O) groups excluding carboxylic acids is 4. The van der Waals surface area contributed by atoms with Crippen LogP contribution in [0.4, 0.5) is 28.8 Å². The van der Waals surface area contributed by atoms with Gasteiger partial charge >= 0.3 is 0 Å². The van der Waals surface area contributed by atoms with E-state index in [4.69, 9.17) is 15.1 Å². The van der Waals surface area contributed by atoms with Crippen LogP contribution in [-0.2, 0) is 29.6 Å². The van der Waals surface area contributed by atoms with Crippen molar-refractivity contribution in [2.45, 2.75) is 77.4 Å². The number of carbonyl (C=O) groups is 4. The number of aromatic nitrogens is 4. The summed E-state index contributed by atoms with van der Waals surface area (Å²) in [6.45, 7) is 11.2. The maximum absolute atomic E-state index is 13.5. The van der Waals surface area contributed by atoms with Crippen LogP contribution in [0.3, 0.4) is 0 Å². The van der Waals surface area contributed by atoms with Crippen LogP contribution < -0.4 is 20.9 Å². The molecule has 15 heteroatoms. The minimum Gasteiger partial charge on any atom is -0.371 e. The number of anilines is 5. The van der Waals surface area contributed by atoms with Gasteiger partial charge in [-0.2, -0.15) is 10.1 Å². The molecule has 2 atom stereocenters. The second-order valence-electron chi connectivity index (χ2n) is 17.8. The second kappa shape index (κ2) is 16.3. The number of amides is 4. The number of nitrogens with one attached hydrogen (secondary N) is 3. The van der Waals surface area contributed by atoms with Crippen molar-refractivity contribution in [3.8, 4) is 0 Å². The molecule has 5 aromatic rings. The van der Waals surface area contributed by atoms with Crippen molar-refractivity contribution in [3.05, 3.63) is 94.2 Å². The molecule has 5 aliphatic heterocycles. The van der Waals surface area contributed by atoms with Crippen molar-refractivity contribution in [1.29, 1.82) is 0 Å². The van der Waals surface area contributed by atoms with Gasteiger partial charge in [-0.15, -0.1) is 0 Å². The first-order valence-corrected chi connectivity index (χ1v) is 22.0. The van der Waals surface area contributed by atoms with E-state index in [0.29, 0.717) is 29.0 Å². The molecular weight excluding hydrogens is 783 g/mol. The van der Waals surface area contributed by atoms with Crippen molar-refractivity contribution in [2.75, 3.05) is 54.8 Å². The number of nitrogens with zero attached hydrogens (tertiary/aromatic N) is 8. The summed E-state index contributed by atoms with van der Waals surface area (Å²) >= 11 is 0. The van der Waals surface area contributed by atoms with Gasteiger partial charge in [0, 0.05) is 75.5 Å². The van der Waals surface area contributed by atoms with Crippen LogP contribution in [-0.4, -0.2) is 109 Å². The summed E-state index contributed by atoms with van der Waals surface area (Å²) < 4.78 is 1.80. The average molecular weight is 836 g/mol. The Hall–Kier alpha value is -6.19. The molecule has 1 unspecified atom stereocenters. The monoisotopic (exact) mass is 835 g/mol. The molecule has 2 aromatic heterocycles. The summed E-state index contributed by atoms with van der Waals surface area (Å²) in [5, 5.41) is 14.9. The third-order valence-electron chi connectivity index (χ3n) is 13.7. The fraction of sp³-hybridized carbons (Fsp3) is 0.426. The highest BCUT2D eigenvalue weighted by Gasteiger charge is 2.45. The SMILES string of the molecule is Cc1cccc(C)c1Nc1nn(C)c2nc(Nc3ccc4c(c3)CN(C3CCN(C[C@H]5CCCN(c6ccc7c(c6)C(=O)N(C6CCC(=O)NC6=O)C7=O)C5)CC3)CC4)ncc12. The molecule has 0 spiro atoms. The predicted molar refractivity (Wildman–Crippen MR) is 237 cm³/mol. The molecule has 0 saturated carbocycles. The van der Waals surface area contributed by atoms with Gasteiger partial charge in [-0.1, -0.05) is 24.3 Å². The van der Waals surface area contributed by atoms with Crippen LogP contribution >= 0.6 is 0 Å². The Kier molecular flexibility index (Phi) is 10.5. The molecule has 10 rings (SSSR count). The van der Waals surface area contributed by atoms with Crippen molar-refractivity contribution in [3.63, 3.8) is 0 Å². The van der Waals surface area contributed by atoms with Gasteiger partial charge in [0.25, 0.3) is 11.8 Å². The standard InChI is InChI=1S/C47H53N11O4/c1-28-6-4-7-29(2)41(28)51-42-38-24-48-47(52-43(38)54(3)53-42)49-33-10-9-31-15-21-57(27-32(31)22-33)34-16-19-55(20-17-34)25-30-8-5-18-56(26-30)35-11-12-36-37(23-35)46(62)58(45(36)61)39-13-14-40(59)50-44(39)60/h4,6-7,9-12,22-24,30,34,39H,5,8,13-21,25-27H2,1-3H3,(H,51,53)(H,48,49,52)(H,50,59,60)/t30-,39?/m1/s1. The largest absolute Gasteiger partial charge is 0.371 e. The highest BCUT2D eigenvalue weighted by molar-refractivity contribution is 6.23. The lowest BCUT2D eigenvalue weighted by Gasteiger charge is -2.42. The molecule has 0 radical (unpaired) electrons. The number of piperidine rings is 3. The van der Waals surface area contributed by atoms with E-state index in [0.717, 1.165) is 128 Å². The summed E-state index contributed by atoms with van der Waals surface area (Å²) in [7, 11) is 1.91. The van der Waals surface area contributed by atoms with E-state index in [1.54, 1.807) is 10.7 Å². The molecule has 3 aromatic carbocycles. The minimum atomic E-state index is -0.962. The summed E-state index contributed by atoms with van der Waals surface area (Å²) in [6.07, 6.45) is 7.65. The summed E-state index contributed by atoms with van der Waals surface area (Å²) in [4.78, 5) is 69.2. The number of rotatable bonds is 9. The first kappa shape index (κ1) is 39.9. The first-order chi connectivity index (χ1) is 30.1. The molecule has 5 aliphatic rings. The number of hydrogen-bond acceptors (Lipinski definition) is 12. The Balaban J connectivity index is 0.730. The van der Waals surface area contributed by atoms with Crippen LogP contribution in [0.5, 0.6) is 0 Å². The number of imide groups is 2. The lowest BCUT2D eigenvalue weighted by Crippen LogP contribution is -2.54. The maximum Gasteiger partial charge on any atom is 0.262 e. The lowest BCUT2D eigenvalue weighted by molar-refractivity contribution is -0.136. The van der Waals surface area contributed by atoms with E-state index in [9.17, 15) is 19.2 Å². The number of likely N-dealkylation sites (tertiary alicyclic amines) is 1. The molecule has 3 N–H and O–H groups in total. The number of benzene rings is 3. The van der Waals surface area contributed by atoms with E-state index < -0.39 is 23.8 Å². The fourth-order valence-corrected chi connectivity index (χ4v) is 10.4. The zero-order chi connectivity index (χ0) is 42.6. The average Bonchev–Trinajstić information content (AvgIpc) is 3.72. The highest BCUT2D eigenvalue weighted by atomic mass is 16.2. The van der Waals surface area contributed by atoms with E-state index in [1.807, 2.05) is 25.4 Å². The van der Waals surface area contributed by atoms with Gasteiger partial charge in [0.1, 0.15) is 6.04 Å². The highest BCUT2D eigenvalue weighted by Crippen LogP contribution is 2.34. The quantitative estimate of drug-likeness (QED) is 0.158. The predicted octanol–water partition coefficient (Wildman–Crippen LogP) is 5.61. The first-order valence-electron chi connectivity index (χ1n) is 22.0. The summed E-state index contributed by atoms with van der Waals surface area (Å²) in [6, 6.07) is 17.9. The molecule has 3 fully saturated rings. The Morgan fingerprint density at radius 1 is 0.823 bits per heavy atom. The van der Waals surface area contributed by atoms with Crippen molar-refractivity contribution in [1.82, 2.24) is 39.8 Å². The van der Waals surface area contributed by atoms with Gasteiger partial charge in [-0.05, 0) is 124 Å². The van der Waals surface area contributed by atoms with Crippen molar-refractivity contribution < 1.29 is 19.2 Å². The summed E-state index contributed by atoms with van der Waals surface area (Å²) in [5.74, 6) is -0.121. The van der Waals surface area contributed by atoms with Gasteiger partial charge in [0.05, 0.1) is 16.5 Å². The fourth-order valence-electron chi connectivity index (χ4n) is 10.4. The zero-order valence-electron chi connectivity index (χ0n) is 35.6. The number of aryl methyl sites for hydroxylation is 3. The van der Waals surface area contributed by atoms with E-state index in [-0.39, 0.29) is 18.7 Å². The second-order valence-corrected chi connectivity index (χ2v) is 17.8. The Bertz CT molecular complexity index is 2600. The molecule has 62 heavy (non-hydrogen) atoms. The molecule has 3 saturated heterocycles. The Morgan fingerprint density at radius 2 is 1.63 bits per heavy atom. The molecule has 4 amide bonds. The van der Waals surface area contributed by atoms with Crippen LogP contribution in [0.15, 0.2) is 60.8 Å². The smallest absolute Gasteiger partial charge is 0.262 e. The summed E-state index contributed by atoms with van der Waals surface area (Å²) in [5.41, 5.74) is 9.44. The van der Waals surface area contributed by atoms with Crippen LogP contribution in [0.1, 0.15) is 81.5 Å². The molecular formula is C47H53N11O4. The number of fused-ring (bicyclic) bond motifs is 3. The van der Waals surface area contributed by atoms with Gasteiger partial charge in [0.2, 0.25) is 17.8 Å². The molecule has 0 aliphatic carbocycles. The van der Waals surface area contributed by atoms with Gasteiger partial charge in [-0.25, -0.2) is 9.67 Å². The minimum absolute atomic E-state index is 0.103. The van der Waals surface area contributed by atoms with E-state index >= 15 is 0 Å². The van der Waals surface area contributed by atoms with E-state index in [1.165, 1.54) is 11.1 Å². The number of hydrogen-bond donors (Lipinski definition) is 3. The van der Waals surface area contributed by atoms with Crippen LogP contribution in [0.25, 0.3) is 11.0 Å². The molecule has 7 heterocycles. The van der Waals surface area contributed by atoms with Gasteiger partial charge in [-0.3, -0.25) is 34.3 Å². The lowest BCUT2D eigenvalue weighted by atomic mass is 9.93. The molecule has 0 bridgehead atoms. The van der Waals surface area contributed by atoms with Crippen molar-refractivity contribution in [2.24, 2.45) is 13.0 Å². The topological polar surface area (TPSA) is 161 Å². The Morgan fingerprint density at radius 3 is 2.44 bits per heavy atom. The van der Waals surface area contributed by atoms with Gasteiger partial charge in [0.15, 0.2) is 11.5 Å². The normalized spacial score (nSPS) is 21.3. The van der Waals surface area contributed by atoms with Crippen molar-refractivity contribution >= 4 is 63.5 Å².